The molecule has 0 spiro atoms. The van der Waals surface area contributed by atoms with Gasteiger partial charge in [0.1, 0.15) is 12.4 Å². The maximum Gasteiger partial charge on any atom is 0.125 e. The molecule has 0 fully saturated rings. The molecule has 0 radical (unpaired) electrons. The smallest absolute Gasteiger partial charge is 0.125 e. The highest BCUT2D eigenvalue weighted by molar-refractivity contribution is 6.30. The fourth-order valence-electron chi connectivity index (χ4n) is 1.87. The van der Waals surface area contributed by atoms with Crippen LogP contribution in [0.5, 0.6) is 5.75 Å². The predicted molar refractivity (Wildman–Crippen MR) is 77.6 cm³/mol. The maximum atomic E-state index is 9.73. The highest BCUT2D eigenvalue weighted by atomic mass is 35.5. The van der Waals surface area contributed by atoms with Crippen LogP contribution in [0, 0.1) is 11.3 Å². The quantitative estimate of drug-likeness (QED) is 0.929. The average molecular weight is 288 g/mol. The van der Waals surface area contributed by atoms with Gasteiger partial charge in [0.05, 0.1) is 17.7 Å². The molecule has 0 saturated carbocycles. The van der Waals surface area contributed by atoms with Crippen LogP contribution in [0.15, 0.2) is 42.5 Å². The summed E-state index contributed by atoms with van der Waals surface area (Å²) in [7, 11) is 0. The molecule has 3 nitrogen and oxygen atoms in total. The molecule has 0 aromatic heterocycles. The number of rotatable bonds is 4. The molecule has 1 N–H and O–H groups in total. The number of aliphatic hydroxyl groups is 1. The first-order chi connectivity index (χ1) is 9.60. The van der Waals surface area contributed by atoms with Gasteiger partial charge in [0.15, 0.2) is 0 Å². The molecule has 0 unspecified atom stereocenters. The molecule has 0 amide bonds. The van der Waals surface area contributed by atoms with Crippen molar-refractivity contribution < 1.29 is 9.84 Å². The monoisotopic (exact) mass is 287 g/mol. The summed E-state index contributed by atoms with van der Waals surface area (Å²) >= 11 is 5.91. The van der Waals surface area contributed by atoms with Crippen LogP contribution in [0.4, 0.5) is 0 Å². The second kappa shape index (κ2) is 6.42. The Kier molecular flexibility index (Phi) is 4.62. The van der Waals surface area contributed by atoms with Gasteiger partial charge in [0, 0.05) is 10.6 Å². The van der Waals surface area contributed by atoms with E-state index in [0.717, 1.165) is 5.56 Å². The van der Waals surface area contributed by atoms with Crippen molar-refractivity contribution in [2.75, 3.05) is 0 Å². The zero-order valence-corrected chi connectivity index (χ0v) is 11.8. The zero-order valence-electron chi connectivity index (χ0n) is 11.0. The molecule has 2 aromatic rings. The van der Waals surface area contributed by atoms with Crippen molar-refractivity contribution in [1.82, 2.24) is 0 Å². The summed E-state index contributed by atoms with van der Waals surface area (Å²) in [5, 5.41) is 19.1. The topological polar surface area (TPSA) is 53.2 Å². The van der Waals surface area contributed by atoms with Gasteiger partial charge < -0.3 is 9.84 Å². The number of nitrogens with zero attached hydrogens (tertiary/aromatic N) is 1. The van der Waals surface area contributed by atoms with Crippen LogP contribution in [0.2, 0.25) is 5.02 Å². The van der Waals surface area contributed by atoms with E-state index in [1.807, 2.05) is 12.1 Å². The number of benzene rings is 2. The second-order valence-corrected chi connectivity index (χ2v) is 4.90. The third kappa shape index (κ3) is 3.51. The summed E-state index contributed by atoms with van der Waals surface area (Å²) < 4.78 is 5.71. The lowest BCUT2D eigenvalue weighted by Crippen LogP contribution is -2.01. The third-order valence-electron chi connectivity index (χ3n) is 2.87. The van der Waals surface area contributed by atoms with Crippen LogP contribution in [-0.2, 0) is 6.61 Å². The SMILES string of the molecule is C[C@@H](O)c1cc(Cl)ccc1OCc1cccc(C#N)c1. The van der Waals surface area contributed by atoms with E-state index in [9.17, 15) is 5.11 Å². The summed E-state index contributed by atoms with van der Waals surface area (Å²) in [5.74, 6) is 0.590. The van der Waals surface area contributed by atoms with Crippen LogP contribution in [-0.4, -0.2) is 5.11 Å². The minimum absolute atomic E-state index is 0.330. The fourth-order valence-corrected chi connectivity index (χ4v) is 2.05. The van der Waals surface area contributed by atoms with E-state index in [4.69, 9.17) is 21.6 Å². The molecule has 102 valence electrons. The van der Waals surface area contributed by atoms with Crippen molar-refractivity contribution in [3.63, 3.8) is 0 Å². The number of nitriles is 1. The van der Waals surface area contributed by atoms with Gasteiger partial charge in [-0.1, -0.05) is 23.7 Å². The standard InChI is InChI=1S/C16H14ClNO2/c1-11(19)15-8-14(17)5-6-16(15)20-10-13-4-2-3-12(7-13)9-18/h2-8,11,19H,10H2,1H3/t11-/m1/s1. The molecule has 2 aromatic carbocycles. The summed E-state index contributed by atoms with van der Waals surface area (Å²) in [4.78, 5) is 0. The van der Waals surface area contributed by atoms with Crippen LogP contribution in [0.1, 0.15) is 29.7 Å². The lowest BCUT2D eigenvalue weighted by molar-refractivity contribution is 0.190. The Hall–Kier alpha value is -2.02. The molecule has 0 aliphatic carbocycles. The van der Waals surface area contributed by atoms with E-state index >= 15 is 0 Å². The van der Waals surface area contributed by atoms with Crippen molar-refractivity contribution in [2.24, 2.45) is 0 Å². The van der Waals surface area contributed by atoms with Gasteiger partial charge in [0.2, 0.25) is 0 Å². The Morgan fingerprint density at radius 1 is 1.30 bits per heavy atom. The van der Waals surface area contributed by atoms with E-state index in [0.29, 0.717) is 28.5 Å². The van der Waals surface area contributed by atoms with Crippen LogP contribution >= 0.6 is 11.6 Å². The van der Waals surface area contributed by atoms with Gasteiger partial charge in [-0.2, -0.15) is 5.26 Å². The Bertz CT molecular complexity index is 647. The summed E-state index contributed by atoms with van der Waals surface area (Å²) in [6.45, 7) is 1.99. The van der Waals surface area contributed by atoms with Crippen LogP contribution < -0.4 is 4.74 Å². The van der Waals surface area contributed by atoms with Crippen molar-refractivity contribution in [2.45, 2.75) is 19.6 Å². The summed E-state index contributed by atoms with van der Waals surface area (Å²) in [6, 6.07) is 14.4. The number of aliphatic hydroxyl groups excluding tert-OH is 1. The maximum absolute atomic E-state index is 9.73. The molecule has 1 atom stereocenters. The third-order valence-corrected chi connectivity index (χ3v) is 3.11. The second-order valence-electron chi connectivity index (χ2n) is 4.46. The molecule has 0 saturated heterocycles. The molecule has 20 heavy (non-hydrogen) atoms. The Morgan fingerprint density at radius 3 is 2.80 bits per heavy atom. The first kappa shape index (κ1) is 14.4. The van der Waals surface area contributed by atoms with E-state index in [1.54, 1.807) is 37.3 Å². The first-order valence-corrected chi connectivity index (χ1v) is 6.57. The van der Waals surface area contributed by atoms with Gasteiger partial charge in [-0.15, -0.1) is 0 Å². The van der Waals surface area contributed by atoms with Crippen molar-refractivity contribution >= 4 is 11.6 Å². The minimum atomic E-state index is -0.658. The molecule has 0 bridgehead atoms. The van der Waals surface area contributed by atoms with Crippen LogP contribution in [0.3, 0.4) is 0 Å². The van der Waals surface area contributed by atoms with Gasteiger partial charge >= 0.3 is 0 Å². The van der Waals surface area contributed by atoms with E-state index in [1.165, 1.54) is 0 Å². The normalized spacial score (nSPS) is 11.7. The first-order valence-electron chi connectivity index (χ1n) is 6.19. The van der Waals surface area contributed by atoms with Crippen molar-refractivity contribution in [3.8, 4) is 11.8 Å². The lowest BCUT2D eigenvalue weighted by atomic mass is 10.1. The largest absolute Gasteiger partial charge is 0.489 e. The average Bonchev–Trinajstić information content (AvgIpc) is 2.46. The van der Waals surface area contributed by atoms with E-state index < -0.39 is 6.10 Å². The Balaban J connectivity index is 2.16. The van der Waals surface area contributed by atoms with Crippen LogP contribution in [0.25, 0.3) is 0 Å². The van der Waals surface area contributed by atoms with Gasteiger partial charge in [0.25, 0.3) is 0 Å². The summed E-state index contributed by atoms with van der Waals surface area (Å²) in [5.41, 5.74) is 2.14. The van der Waals surface area contributed by atoms with Crippen molar-refractivity contribution in [1.29, 1.82) is 5.26 Å². The van der Waals surface area contributed by atoms with Gasteiger partial charge in [-0.05, 0) is 42.8 Å². The van der Waals surface area contributed by atoms with E-state index in [2.05, 4.69) is 6.07 Å². The fraction of sp³-hybridized carbons (Fsp3) is 0.188. The molecule has 0 aliphatic rings. The molecular formula is C16H14ClNO2. The zero-order chi connectivity index (χ0) is 14.5. The number of hydrogen-bond donors (Lipinski definition) is 1. The highest BCUT2D eigenvalue weighted by Crippen LogP contribution is 2.28. The Morgan fingerprint density at radius 2 is 2.10 bits per heavy atom. The molecule has 2 rings (SSSR count). The number of hydrogen-bond acceptors (Lipinski definition) is 3. The lowest BCUT2D eigenvalue weighted by Gasteiger charge is -2.14. The molecular weight excluding hydrogens is 274 g/mol. The molecule has 0 aliphatic heterocycles. The van der Waals surface area contributed by atoms with E-state index in [-0.39, 0.29) is 0 Å². The molecule has 0 heterocycles. The minimum Gasteiger partial charge on any atom is -0.489 e. The van der Waals surface area contributed by atoms with Crippen molar-refractivity contribution in [3.05, 3.63) is 64.2 Å². The number of ether oxygens (including phenoxy) is 1. The van der Waals surface area contributed by atoms with Gasteiger partial charge in [-0.3, -0.25) is 0 Å². The Labute approximate surface area is 123 Å². The summed E-state index contributed by atoms with van der Waals surface area (Å²) in [6.07, 6.45) is -0.658. The predicted octanol–water partition coefficient (Wildman–Crippen LogP) is 3.84. The number of halogens is 1. The molecule has 4 heteroatoms. The van der Waals surface area contributed by atoms with Gasteiger partial charge in [-0.25, -0.2) is 0 Å². The highest BCUT2D eigenvalue weighted by Gasteiger charge is 2.10.